The van der Waals surface area contributed by atoms with Crippen molar-refractivity contribution < 1.29 is 28.6 Å². The Hall–Kier alpha value is -2.37. The summed E-state index contributed by atoms with van der Waals surface area (Å²) >= 11 is 0. The predicted molar refractivity (Wildman–Crippen MR) is 279 cm³/mol. The van der Waals surface area contributed by atoms with E-state index in [9.17, 15) is 14.4 Å². The number of ether oxygens (including phenoxy) is 3. The van der Waals surface area contributed by atoms with Crippen molar-refractivity contribution in [3.05, 3.63) is 36.5 Å². The first-order chi connectivity index (χ1) is 32.0. The van der Waals surface area contributed by atoms with Gasteiger partial charge in [0.15, 0.2) is 6.10 Å². The van der Waals surface area contributed by atoms with Gasteiger partial charge in [-0.2, -0.15) is 0 Å². The second-order valence-electron chi connectivity index (χ2n) is 19.2. The van der Waals surface area contributed by atoms with E-state index in [0.29, 0.717) is 19.3 Å². The standard InChI is InChI=1S/C59H108O6/c1-4-7-10-13-16-19-22-24-26-28-29-30-32-33-35-37-40-43-46-49-52-58(61)64-55-56(54-63-57(60)51-48-45-42-39-21-18-15-12-9-6-3)65-59(62)53-50-47-44-41-38-36-34-31-27-25-23-20-17-14-11-8-5-2/h8,11,17,20,25,27,56H,4-7,9-10,12-16,18-19,21-24,26,28-55H2,1-3H3/b11-8-,20-17-,27-25-. The van der Waals surface area contributed by atoms with Gasteiger partial charge >= 0.3 is 17.9 Å². The van der Waals surface area contributed by atoms with Gasteiger partial charge in [-0.05, 0) is 51.4 Å². The molecule has 0 saturated heterocycles. The first-order valence-corrected chi connectivity index (χ1v) is 28.5. The van der Waals surface area contributed by atoms with Crippen molar-refractivity contribution in [2.75, 3.05) is 13.2 Å². The summed E-state index contributed by atoms with van der Waals surface area (Å²) in [5, 5.41) is 0. The lowest BCUT2D eigenvalue weighted by Gasteiger charge is -2.18. The molecule has 0 fully saturated rings. The van der Waals surface area contributed by atoms with Crippen LogP contribution in [0.4, 0.5) is 0 Å². The van der Waals surface area contributed by atoms with Gasteiger partial charge in [-0.1, -0.05) is 269 Å². The summed E-state index contributed by atoms with van der Waals surface area (Å²) in [5.41, 5.74) is 0. The Bertz CT molecular complexity index is 1090. The highest BCUT2D eigenvalue weighted by atomic mass is 16.6. The van der Waals surface area contributed by atoms with E-state index in [4.69, 9.17) is 14.2 Å². The highest BCUT2D eigenvalue weighted by Gasteiger charge is 2.19. The lowest BCUT2D eigenvalue weighted by molar-refractivity contribution is -0.167. The summed E-state index contributed by atoms with van der Waals surface area (Å²) in [6, 6.07) is 0. The molecular weight excluding hydrogens is 805 g/mol. The lowest BCUT2D eigenvalue weighted by atomic mass is 10.0. The largest absolute Gasteiger partial charge is 0.462 e. The summed E-state index contributed by atoms with van der Waals surface area (Å²) in [7, 11) is 0. The molecule has 0 aromatic carbocycles. The van der Waals surface area contributed by atoms with Gasteiger partial charge in [0.25, 0.3) is 0 Å². The third-order valence-electron chi connectivity index (χ3n) is 12.7. The van der Waals surface area contributed by atoms with Crippen molar-refractivity contribution in [2.45, 2.75) is 309 Å². The van der Waals surface area contributed by atoms with E-state index in [0.717, 1.165) is 83.5 Å². The number of hydrogen-bond acceptors (Lipinski definition) is 6. The summed E-state index contributed by atoms with van der Waals surface area (Å²) < 4.78 is 16.8. The summed E-state index contributed by atoms with van der Waals surface area (Å²) in [6.45, 7) is 6.55. The third-order valence-corrected chi connectivity index (χ3v) is 12.7. The van der Waals surface area contributed by atoms with Gasteiger partial charge < -0.3 is 14.2 Å². The molecule has 0 aliphatic heterocycles. The van der Waals surface area contributed by atoms with Crippen LogP contribution in [0.2, 0.25) is 0 Å². The van der Waals surface area contributed by atoms with Crippen LogP contribution >= 0.6 is 0 Å². The average Bonchev–Trinajstić information content (AvgIpc) is 3.30. The summed E-state index contributed by atoms with van der Waals surface area (Å²) in [5.74, 6) is -0.866. The van der Waals surface area contributed by atoms with Crippen LogP contribution in [0, 0.1) is 0 Å². The minimum absolute atomic E-state index is 0.0716. The molecule has 380 valence electrons. The Balaban J connectivity index is 4.26. The topological polar surface area (TPSA) is 78.9 Å². The first kappa shape index (κ1) is 62.6. The number of esters is 3. The van der Waals surface area contributed by atoms with Gasteiger partial charge in [-0.3, -0.25) is 14.4 Å². The third kappa shape index (κ3) is 52.5. The summed E-state index contributed by atoms with van der Waals surface area (Å²) in [4.78, 5) is 38.0. The van der Waals surface area contributed by atoms with Crippen LogP contribution in [-0.4, -0.2) is 37.2 Å². The maximum Gasteiger partial charge on any atom is 0.306 e. The zero-order chi connectivity index (χ0) is 47.2. The number of carbonyl (C=O) groups is 3. The molecule has 65 heavy (non-hydrogen) atoms. The molecule has 0 aromatic rings. The highest BCUT2D eigenvalue weighted by molar-refractivity contribution is 5.71. The molecule has 0 radical (unpaired) electrons. The molecule has 1 unspecified atom stereocenters. The van der Waals surface area contributed by atoms with Crippen LogP contribution < -0.4 is 0 Å². The van der Waals surface area contributed by atoms with E-state index in [2.05, 4.69) is 57.2 Å². The van der Waals surface area contributed by atoms with Gasteiger partial charge in [0.05, 0.1) is 0 Å². The van der Waals surface area contributed by atoms with Crippen molar-refractivity contribution in [1.29, 1.82) is 0 Å². The van der Waals surface area contributed by atoms with E-state index in [-0.39, 0.29) is 31.1 Å². The van der Waals surface area contributed by atoms with Crippen molar-refractivity contribution in [3.8, 4) is 0 Å². The Morgan fingerprint density at radius 3 is 0.938 bits per heavy atom. The normalized spacial score (nSPS) is 12.2. The molecule has 6 nitrogen and oxygen atoms in total. The molecule has 0 spiro atoms. The lowest BCUT2D eigenvalue weighted by Crippen LogP contribution is -2.30. The predicted octanol–water partition coefficient (Wildman–Crippen LogP) is 18.9. The molecule has 0 aliphatic carbocycles. The van der Waals surface area contributed by atoms with E-state index in [1.807, 2.05) is 0 Å². The first-order valence-electron chi connectivity index (χ1n) is 28.5. The maximum absolute atomic E-state index is 12.8. The van der Waals surface area contributed by atoms with Crippen molar-refractivity contribution in [3.63, 3.8) is 0 Å². The van der Waals surface area contributed by atoms with Crippen LogP contribution in [0.25, 0.3) is 0 Å². The molecule has 1 atom stereocenters. The molecule has 0 N–H and O–H groups in total. The molecule has 0 saturated carbocycles. The van der Waals surface area contributed by atoms with Crippen molar-refractivity contribution >= 4 is 17.9 Å². The Kier molecular flexibility index (Phi) is 52.3. The zero-order valence-electron chi connectivity index (χ0n) is 43.5. The fourth-order valence-electron chi connectivity index (χ4n) is 8.40. The van der Waals surface area contributed by atoms with Crippen LogP contribution in [-0.2, 0) is 28.6 Å². The minimum Gasteiger partial charge on any atom is -0.462 e. The molecule has 0 aliphatic rings. The Morgan fingerprint density at radius 1 is 0.323 bits per heavy atom. The second kappa shape index (κ2) is 54.2. The maximum atomic E-state index is 12.8. The molecule has 0 bridgehead atoms. The number of allylic oxidation sites excluding steroid dienone is 6. The van der Waals surface area contributed by atoms with Gasteiger partial charge in [-0.25, -0.2) is 0 Å². The monoisotopic (exact) mass is 913 g/mol. The smallest absolute Gasteiger partial charge is 0.306 e. The number of rotatable bonds is 52. The highest BCUT2D eigenvalue weighted by Crippen LogP contribution is 2.17. The second-order valence-corrected chi connectivity index (χ2v) is 19.2. The Morgan fingerprint density at radius 2 is 0.600 bits per heavy atom. The average molecular weight is 914 g/mol. The Labute approximate surface area is 404 Å². The van der Waals surface area contributed by atoms with Crippen molar-refractivity contribution in [2.24, 2.45) is 0 Å². The fourth-order valence-corrected chi connectivity index (χ4v) is 8.40. The summed E-state index contributed by atoms with van der Waals surface area (Å²) in [6.07, 6.45) is 64.3. The van der Waals surface area contributed by atoms with E-state index >= 15 is 0 Å². The number of unbranched alkanes of at least 4 members (excludes halogenated alkanes) is 35. The minimum atomic E-state index is -0.772. The fraction of sp³-hybridized carbons (Fsp3) is 0.847. The van der Waals surface area contributed by atoms with Gasteiger partial charge in [0.2, 0.25) is 0 Å². The van der Waals surface area contributed by atoms with Crippen LogP contribution in [0.1, 0.15) is 303 Å². The van der Waals surface area contributed by atoms with E-state index in [1.165, 1.54) is 180 Å². The van der Waals surface area contributed by atoms with E-state index in [1.54, 1.807) is 0 Å². The SMILES string of the molecule is CC/C=C\C/C=C\C/C=C\CCCCCCCCCC(=O)OC(COC(=O)CCCCCCCCCCCC)COC(=O)CCCCCCCCCCCCCCCCCCCCCC. The quantitative estimate of drug-likeness (QED) is 0.0262. The molecule has 0 amide bonds. The van der Waals surface area contributed by atoms with Gasteiger partial charge in [0.1, 0.15) is 13.2 Å². The van der Waals surface area contributed by atoms with Gasteiger partial charge in [0, 0.05) is 19.3 Å². The molecular formula is C59H108O6. The van der Waals surface area contributed by atoms with Crippen LogP contribution in [0.5, 0.6) is 0 Å². The van der Waals surface area contributed by atoms with E-state index < -0.39 is 6.10 Å². The van der Waals surface area contributed by atoms with Crippen LogP contribution in [0.15, 0.2) is 36.5 Å². The number of carbonyl (C=O) groups excluding carboxylic acids is 3. The van der Waals surface area contributed by atoms with Gasteiger partial charge in [-0.15, -0.1) is 0 Å². The van der Waals surface area contributed by atoms with Crippen LogP contribution in [0.3, 0.4) is 0 Å². The molecule has 0 aromatic heterocycles. The molecule has 0 heterocycles. The molecule has 0 rings (SSSR count). The van der Waals surface area contributed by atoms with Crippen molar-refractivity contribution in [1.82, 2.24) is 0 Å². The zero-order valence-corrected chi connectivity index (χ0v) is 43.5. The molecule has 6 heteroatoms. The number of hydrogen-bond donors (Lipinski definition) is 0.